The van der Waals surface area contributed by atoms with Crippen LogP contribution in [0, 0.1) is 17.8 Å². The minimum Gasteiger partial charge on any atom is -0.370 e. The summed E-state index contributed by atoms with van der Waals surface area (Å²) in [5, 5.41) is 5.34. The van der Waals surface area contributed by atoms with E-state index in [0.29, 0.717) is 11.8 Å². The van der Waals surface area contributed by atoms with E-state index in [-0.39, 0.29) is 5.92 Å². The van der Waals surface area contributed by atoms with E-state index in [1.54, 1.807) is 0 Å². The molecule has 3 unspecified atom stereocenters. The second kappa shape index (κ2) is 12.6. The zero-order chi connectivity index (χ0) is 34.8. The van der Waals surface area contributed by atoms with E-state index in [1.165, 1.54) is 101 Å². The van der Waals surface area contributed by atoms with Gasteiger partial charge in [-0.05, 0) is 140 Å². The second-order valence-corrected chi connectivity index (χ2v) is 15.5. The van der Waals surface area contributed by atoms with E-state index in [2.05, 4.69) is 159 Å². The highest BCUT2D eigenvalue weighted by Crippen LogP contribution is 2.46. The number of likely N-dealkylation sites (N-methyl/N-ethyl adjacent to an activating group) is 1. The van der Waals surface area contributed by atoms with Crippen molar-refractivity contribution < 1.29 is 0 Å². The molecule has 52 heavy (non-hydrogen) atoms. The third-order valence-electron chi connectivity index (χ3n) is 12.3. The van der Waals surface area contributed by atoms with E-state index in [4.69, 9.17) is 4.98 Å². The van der Waals surface area contributed by atoms with Crippen LogP contribution in [0.3, 0.4) is 0 Å². The van der Waals surface area contributed by atoms with E-state index in [9.17, 15) is 0 Å². The highest BCUT2D eigenvalue weighted by atomic mass is 15.1. The fourth-order valence-corrected chi connectivity index (χ4v) is 9.63. The van der Waals surface area contributed by atoms with Crippen molar-refractivity contribution in [2.75, 3.05) is 13.6 Å². The van der Waals surface area contributed by atoms with Gasteiger partial charge in [0, 0.05) is 42.7 Å². The van der Waals surface area contributed by atoms with Gasteiger partial charge in [0.05, 0.1) is 0 Å². The first-order valence-electron chi connectivity index (χ1n) is 19.2. The van der Waals surface area contributed by atoms with Gasteiger partial charge in [-0.1, -0.05) is 116 Å². The molecule has 0 saturated carbocycles. The SMILES string of the molecule is CC1C=CC=C2C(C3=CC=C4C=CCCC4C3)=c3ccc(C4=CC=C(c5cnc6c(c5)C=CCC6)N(C)C4)cc3=C(c3ccc4ccccc4c3)C21. The summed E-state index contributed by atoms with van der Waals surface area (Å²) >= 11 is 0. The Morgan fingerprint density at radius 2 is 1.62 bits per heavy atom. The van der Waals surface area contributed by atoms with Crippen molar-refractivity contribution in [3.05, 3.63) is 189 Å². The molecule has 0 N–H and O–H groups in total. The normalized spacial score (nSPS) is 23.2. The van der Waals surface area contributed by atoms with Crippen molar-refractivity contribution in [1.82, 2.24) is 9.88 Å². The fourth-order valence-electron chi connectivity index (χ4n) is 9.63. The maximum absolute atomic E-state index is 4.85. The van der Waals surface area contributed by atoms with Gasteiger partial charge in [-0.25, -0.2) is 0 Å². The molecule has 1 aliphatic heterocycles. The average Bonchev–Trinajstić information content (AvgIpc) is 3.19. The van der Waals surface area contributed by atoms with E-state index >= 15 is 0 Å². The molecule has 10 rings (SSSR count). The van der Waals surface area contributed by atoms with Gasteiger partial charge in [0.15, 0.2) is 0 Å². The Labute approximate surface area is 307 Å². The number of allylic oxidation sites excluding steroid dienone is 13. The van der Waals surface area contributed by atoms with Gasteiger partial charge in [-0.3, -0.25) is 4.98 Å². The van der Waals surface area contributed by atoms with Gasteiger partial charge in [0.1, 0.15) is 0 Å². The molecule has 2 nitrogen and oxygen atoms in total. The Morgan fingerprint density at radius 1 is 0.750 bits per heavy atom. The van der Waals surface area contributed by atoms with Crippen LogP contribution in [0.2, 0.25) is 0 Å². The number of pyridine rings is 1. The Hall–Kier alpha value is -5.47. The van der Waals surface area contributed by atoms with Gasteiger partial charge < -0.3 is 4.90 Å². The van der Waals surface area contributed by atoms with Crippen LogP contribution in [0.5, 0.6) is 0 Å². The van der Waals surface area contributed by atoms with E-state index in [0.717, 1.165) is 25.8 Å². The van der Waals surface area contributed by atoms with Crippen LogP contribution in [0.25, 0.3) is 39.3 Å². The molecule has 0 fully saturated rings. The molecule has 0 saturated heterocycles. The second-order valence-electron chi connectivity index (χ2n) is 15.5. The lowest BCUT2D eigenvalue weighted by molar-refractivity contribution is 0.539. The molecule has 3 atom stereocenters. The Kier molecular flexibility index (Phi) is 7.60. The molecule has 1 aromatic heterocycles. The summed E-state index contributed by atoms with van der Waals surface area (Å²) in [5.74, 6) is 1.26. The largest absolute Gasteiger partial charge is 0.370 e. The average molecular weight is 673 g/mol. The Bertz CT molecular complexity index is 2560. The first kappa shape index (κ1) is 31.3. The molecule has 0 spiro atoms. The number of benzene rings is 3. The van der Waals surface area contributed by atoms with E-state index in [1.807, 2.05) is 0 Å². The monoisotopic (exact) mass is 672 g/mol. The molecule has 2 heteroatoms. The predicted octanol–water partition coefficient (Wildman–Crippen LogP) is 9.90. The summed E-state index contributed by atoms with van der Waals surface area (Å²) in [6, 6.07) is 25.6. The van der Waals surface area contributed by atoms with E-state index < -0.39 is 0 Å². The summed E-state index contributed by atoms with van der Waals surface area (Å²) in [5.41, 5.74) is 16.2. The quantitative estimate of drug-likeness (QED) is 0.215. The fraction of sp³-hybridized carbons (Fsp3) is 0.220. The smallest absolute Gasteiger partial charge is 0.0479 e. The lowest BCUT2D eigenvalue weighted by Gasteiger charge is -2.37. The van der Waals surface area contributed by atoms with Crippen molar-refractivity contribution in [3.63, 3.8) is 0 Å². The minimum atomic E-state index is 0.279. The van der Waals surface area contributed by atoms with Crippen LogP contribution in [0.15, 0.2) is 150 Å². The minimum absolute atomic E-state index is 0.279. The topological polar surface area (TPSA) is 16.1 Å². The molecule has 0 radical (unpaired) electrons. The molecular formula is C50H44N2. The number of nitrogens with zero attached hydrogens (tertiary/aromatic N) is 2. The molecule has 0 bridgehead atoms. The number of hydrogen-bond donors (Lipinski definition) is 0. The Morgan fingerprint density at radius 3 is 2.54 bits per heavy atom. The maximum Gasteiger partial charge on any atom is 0.0479 e. The number of fused-ring (bicyclic) bond motifs is 5. The van der Waals surface area contributed by atoms with Gasteiger partial charge in [0.2, 0.25) is 0 Å². The lowest BCUT2D eigenvalue weighted by atomic mass is 9.66. The summed E-state index contributed by atoms with van der Waals surface area (Å²) in [6.45, 7) is 3.26. The third kappa shape index (κ3) is 5.27. The van der Waals surface area contributed by atoms with Crippen LogP contribution >= 0.6 is 0 Å². The van der Waals surface area contributed by atoms with Crippen LogP contribution in [0.4, 0.5) is 0 Å². The van der Waals surface area contributed by atoms with Crippen LogP contribution in [0.1, 0.15) is 60.6 Å². The highest BCUT2D eigenvalue weighted by Gasteiger charge is 2.35. The molecule has 5 aliphatic carbocycles. The van der Waals surface area contributed by atoms with Crippen LogP contribution < -0.4 is 10.4 Å². The Balaban J connectivity index is 1.18. The molecule has 4 aromatic rings. The van der Waals surface area contributed by atoms with Crippen LogP contribution in [-0.2, 0) is 6.42 Å². The van der Waals surface area contributed by atoms with Crippen molar-refractivity contribution in [1.29, 1.82) is 0 Å². The molecule has 254 valence electrons. The molecule has 3 aromatic carbocycles. The third-order valence-corrected chi connectivity index (χ3v) is 12.3. The zero-order valence-corrected chi connectivity index (χ0v) is 30.1. The summed E-state index contributed by atoms with van der Waals surface area (Å²) in [7, 11) is 2.22. The first-order chi connectivity index (χ1) is 25.6. The van der Waals surface area contributed by atoms with Crippen molar-refractivity contribution in [2.24, 2.45) is 17.8 Å². The standard InChI is InChI=1S/C50H44N2/c1-32-10-9-16-44-48(32)50(40-21-19-34-12-4-6-14-36(34)27-40)45-29-37(22-24-43(45)49(44)39-20-18-33-11-3-5-13-35(33)26-39)41-23-25-47(52(2)31-41)42-28-38-15-7-8-17-46(38)51-30-42/h3-4,6-7,9-12,14-16,18-25,27-30,32,35,48H,5,8,13,17,26,31H2,1-2H3. The summed E-state index contributed by atoms with van der Waals surface area (Å²) in [4.78, 5) is 7.24. The number of hydrogen-bond acceptors (Lipinski definition) is 2. The van der Waals surface area contributed by atoms with Gasteiger partial charge in [0.25, 0.3) is 0 Å². The van der Waals surface area contributed by atoms with Crippen molar-refractivity contribution >= 4 is 39.3 Å². The highest BCUT2D eigenvalue weighted by molar-refractivity contribution is 5.92. The van der Waals surface area contributed by atoms with Crippen LogP contribution in [-0.4, -0.2) is 23.5 Å². The van der Waals surface area contributed by atoms with Gasteiger partial charge in [-0.15, -0.1) is 0 Å². The molecule has 6 aliphatic rings. The van der Waals surface area contributed by atoms with Gasteiger partial charge in [-0.2, -0.15) is 0 Å². The number of aromatic nitrogens is 1. The molecular weight excluding hydrogens is 629 g/mol. The maximum atomic E-state index is 4.85. The number of rotatable bonds is 4. The summed E-state index contributed by atoms with van der Waals surface area (Å²) < 4.78 is 0. The van der Waals surface area contributed by atoms with Crippen molar-refractivity contribution in [2.45, 2.75) is 39.0 Å². The lowest BCUT2D eigenvalue weighted by Crippen LogP contribution is -2.40. The summed E-state index contributed by atoms with van der Waals surface area (Å²) in [6.07, 6.45) is 33.5. The van der Waals surface area contributed by atoms with Crippen molar-refractivity contribution in [3.8, 4) is 0 Å². The van der Waals surface area contributed by atoms with Gasteiger partial charge >= 0.3 is 0 Å². The molecule has 2 heterocycles. The zero-order valence-electron chi connectivity index (χ0n) is 30.1. The number of aryl methyl sites for hydroxylation is 1. The first-order valence-corrected chi connectivity index (χ1v) is 19.2. The predicted molar refractivity (Wildman–Crippen MR) is 218 cm³/mol. The molecule has 0 amide bonds.